The quantitative estimate of drug-likeness (QED) is 0.886. The number of nitrogens with zero attached hydrogens (tertiary/aromatic N) is 4. The highest BCUT2D eigenvalue weighted by Crippen LogP contribution is 2.34. The minimum absolute atomic E-state index is 0.0330. The predicted octanol–water partition coefficient (Wildman–Crippen LogP) is 0.762. The van der Waals surface area contributed by atoms with Crippen LogP contribution in [0.4, 0.5) is 0 Å². The van der Waals surface area contributed by atoms with Gasteiger partial charge in [-0.25, -0.2) is 13.4 Å². The van der Waals surface area contributed by atoms with Crippen molar-refractivity contribution >= 4 is 27.0 Å². The van der Waals surface area contributed by atoms with Gasteiger partial charge in [-0.1, -0.05) is 0 Å². The summed E-state index contributed by atoms with van der Waals surface area (Å²) in [7, 11) is -2.03. The minimum atomic E-state index is -3.77. The number of aliphatic carboxylic acids is 1. The van der Waals surface area contributed by atoms with E-state index in [0.29, 0.717) is 23.1 Å². The van der Waals surface area contributed by atoms with Crippen LogP contribution in [0.2, 0.25) is 0 Å². The first-order chi connectivity index (χ1) is 10.6. The van der Waals surface area contributed by atoms with E-state index in [2.05, 4.69) is 10.1 Å². The molecule has 0 aromatic carbocycles. The molecule has 1 N–H and O–H groups in total. The molecular weight excluding hydrogens is 320 g/mol. The number of hydrogen-bond donors (Lipinski definition) is 1. The maximum absolute atomic E-state index is 12.8. The number of sulfonamides is 1. The van der Waals surface area contributed by atoms with E-state index in [1.54, 1.807) is 31.6 Å². The largest absolute Gasteiger partial charge is 0.481 e. The second-order valence-electron chi connectivity index (χ2n) is 6.21. The lowest BCUT2D eigenvalue weighted by atomic mass is 9.90. The van der Waals surface area contributed by atoms with Crippen LogP contribution < -0.4 is 0 Å². The molecule has 9 heteroatoms. The summed E-state index contributed by atoms with van der Waals surface area (Å²) in [6, 6.07) is 1.55. The average molecular weight is 338 g/mol. The van der Waals surface area contributed by atoms with Gasteiger partial charge < -0.3 is 5.11 Å². The molecule has 3 heterocycles. The van der Waals surface area contributed by atoms with Crippen molar-refractivity contribution in [1.82, 2.24) is 19.1 Å². The lowest BCUT2D eigenvalue weighted by Gasteiger charge is -2.20. The van der Waals surface area contributed by atoms with Crippen molar-refractivity contribution in [2.24, 2.45) is 12.5 Å². The maximum atomic E-state index is 12.8. The highest BCUT2D eigenvalue weighted by Gasteiger charge is 2.45. The number of rotatable bonds is 3. The molecule has 0 amide bonds. The van der Waals surface area contributed by atoms with Gasteiger partial charge in [0.05, 0.1) is 11.1 Å². The zero-order chi connectivity index (χ0) is 17.0. The van der Waals surface area contributed by atoms with Crippen molar-refractivity contribution in [1.29, 1.82) is 0 Å². The van der Waals surface area contributed by atoms with Crippen LogP contribution in [-0.2, 0) is 21.9 Å². The van der Waals surface area contributed by atoms with Gasteiger partial charge in [0.1, 0.15) is 4.90 Å². The SMILES string of the molecule is Cc1nn(C)c2ncc(S(=O)(=O)N3CCC(C)(C(=O)O)C3)cc12. The average Bonchev–Trinajstić information content (AvgIpc) is 3.02. The molecule has 2 aromatic rings. The Kier molecular flexibility index (Phi) is 3.45. The van der Waals surface area contributed by atoms with E-state index in [0.717, 1.165) is 0 Å². The summed E-state index contributed by atoms with van der Waals surface area (Å²) in [4.78, 5) is 15.6. The van der Waals surface area contributed by atoms with E-state index >= 15 is 0 Å². The molecule has 23 heavy (non-hydrogen) atoms. The number of fused-ring (bicyclic) bond motifs is 1. The Morgan fingerprint density at radius 2 is 2.13 bits per heavy atom. The van der Waals surface area contributed by atoms with E-state index in [9.17, 15) is 18.3 Å². The third kappa shape index (κ3) is 2.40. The van der Waals surface area contributed by atoms with Crippen LogP contribution in [0.5, 0.6) is 0 Å². The first-order valence-corrected chi connectivity index (χ1v) is 8.62. The summed E-state index contributed by atoms with van der Waals surface area (Å²) < 4.78 is 28.4. The molecule has 0 spiro atoms. The topological polar surface area (TPSA) is 105 Å². The Morgan fingerprint density at radius 1 is 1.43 bits per heavy atom. The number of aromatic nitrogens is 3. The fourth-order valence-corrected chi connectivity index (χ4v) is 4.41. The van der Waals surface area contributed by atoms with Crippen molar-refractivity contribution in [3.63, 3.8) is 0 Å². The van der Waals surface area contributed by atoms with Crippen LogP contribution in [0, 0.1) is 12.3 Å². The normalized spacial score (nSPS) is 22.7. The Bertz CT molecular complexity index is 905. The molecule has 2 aromatic heterocycles. The van der Waals surface area contributed by atoms with Gasteiger partial charge in [0.2, 0.25) is 10.0 Å². The predicted molar refractivity (Wildman–Crippen MR) is 82.4 cm³/mol. The molecule has 8 nitrogen and oxygen atoms in total. The molecule has 1 unspecified atom stereocenters. The first kappa shape index (κ1) is 15.9. The van der Waals surface area contributed by atoms with Crippen LogP contribution in [0.3, 0.4) is 0 Å². The molecule has 1 saturated heterocycles. The van der Waals surface area contributed by atoms with Crippen LogP contribution in [-0.4, -0.2) is 51.7 Å². The fraction of sp³-hybridized carbons (Fsp3) is 0.500. The first-order valence-electron chi connectivity index (χ1n) is 7.18. The van der Waals surface area contributed by atoms with Gasteiger partial charge in [-0.15, -0.1) is 0 Å². The van der Waals surface area contributed by atoms with Crippen molar-refractivity contribution in [2.75, 3.05) is 13.1 Å². The summed E-state index contributed by atoms with van der Waals surface area (Å²) in [5.74, 6) is -0.980. The smallest absolute Gasteiger partial charge is 0.310 e. The van der Waals surface area contributed by atoms with Crippen molar-refractivity contribution in [2.45, 2.75) is 25.2 Å². The molecular formula is C14H18N4O4S. The maximum Gasteiger partial charge on any atom is 0.310 e. The van der Waals surface area contributed by atoms with Crippen LogP contribution >= 0.6 is 0 Å². The van der Waals surface area contributed by atoms with Crippen molar-refractivity contribution in [3.05, 3.63) is 18.0 Å². The fourth-order valence-electron chi connectivity index (χ4n) is 2.88. The van der Waals surface area contributed by atoms with Gasteiger partial charge in [0.25, 0.3) is 0 Å². The molecule has 1 aliphatic rings. The highest BCUT2D eigenvalue weighted by molar-refractivity contribution is 7.89. The van der Waals surface area contributed by atoms with Crippen molar-refractivity contribution in [3.8, 4) is 0 Å². The zero-order valence-corrected chi connectivity index (χ0v) is 14.0. The van der Waals surface area contributed by atoms with E-state index in [4.69, 9.17) is 0 Å². The Labute approximate surface area is 133 Å². The number of carboxylic acid groups (broad SMARTS) is 1. The molecule has 0 bridgehead atoms. The highest BCUT2D eigenvalue weighted by atomic mass is 32.2. The Balaban J connectivity index is 2.01. The van der Waals surface area contributed by atoms with E-state index < -0.39 is 21.4 Å². The van der Waals surface area contributed by atoms with Crippen molar-refractivity contribution < 1.29 is 18.3 Å². The lowest BCUT2D eigenvalue weighted by Crippen LogP contribution is -2.34. The molecule has 0 radical (unpaired) electrons. The second kappa shape index (κ2) is 5.00. The van der Waals surface area contributed by atoms with Crippen LogP contribution in [0.1, 0.15) is 19.0 Å². The molecule has 3 rings (SSSR count). The standard InChI is InChI=1S/C14H18N4O4S/c1-9-11-6-10(7-15-12(11)17(3)16-9)23(21,22)18-5-4-14(2,8-18)13(19)20/h6-7H,4-5,8H2,1-3H3,(H,19,20). The van der Waals surface area contributed by atoms with E-state index in [-0.39, 0.29) is 18.0 Å². The molecule has 0 saturated carbocycles. The molecule has 124 valence electrons. The van der Waals surface area contributed by atoms with Gasteiger partial charge >= 0.3 is 5.97 Å². The summed E-state index contributed by atoms with van der Waals surface area (Å²) >= 11 is 0. The molecule has 1 aliphatic heterocycles. The number of aryl methyl sites for hydroxylation is 2. The molecule has 0 aliphatic carbocycles. The number of carboxylic acids is 1. The zero-order valence-electron chi connectivity index (χ0n) is 13.1. The third-order valence-electron chi connectivity index (χ3n) is 4.43. The van der Waals surface area contributed by atoms with Crippen LogP contribution in [0.25, 0.3) is 11.0 Å². The molecule has 1 fully saturated rings. The van der Waals surface area contributed by atoms with E-state index in [1.807, 2.05) is 0 Å². The van der Waals surface area contributed by atoms with Gasteiger partial charge in [-0.05, 0) is 26.3 Å². The van der Waals surface area contributed by atoms with Gasteiger partial charge in [-0.2, -0.15) is 9.40 Å². The Morgan fingerprint density at radius 3 is 2.74 bits per heavy atom. The summed E-state index contributed by atoms with van der Waals surface area (Å²) in [5.41, 5.74) is 0.261. The Hall–Kier alpha value is -2.00. The summed E-state index contributed by atoms with van der Waals surface area (Å²) in [6.07, 6.45) is 1.60. The summed E-state index contributed by atoms with van der Waals surface area (Å²) in [6.45, 7) is 3.51. The van der Waals surface area contributed by atoms with E-state index in [1.165, 1.54) is 10.5 Å². The van der Waals surface area contributed by atoms with Gasteiger partial charge in [-0.3, -0.25) is 9.48 Å². The number of hydrogen-bond acceptors (Lipinski definition) is 5. The van der Waals surface area contributed by atoms with Crippen LogP contribution in [0.15, 0.2) is 17.2 Å². The number of carbonyl (C=O) groups is 1. The second-order valence-corrected chi connectivity index (χ2v) is 8.14. The van der Waals surface area contributed by atoms with Gasteiger partial charge in [0, 0.05) is 31.7 Å². The van der Waals surface area contributed by atoms with Gasteiger partial charge in [0.15, 0.2) is 5.65 Å². The third-order valence-corrected chi connectivity index (χ3v) is 6.24. The number of pyridine rings is 1. The monoisotopic (exact) mass is 338 g/mol. The summed E-state index contributed by atoms with van der Waals surface area (Å²) in [5, 5.41) is 14.2. The molecule has 1 atom stereocenters. The lowest BCUT2D eigenvalue weighted by molar-refractivity contribution is -0.146. The minimum Gasteiger partial charge on any atom is -0.481 e.